The summed E-state index contributed by atoms with van der Waals surface area (Å²) >= 11 is 0. The lowest BCUT2D eigenvalue weighted by Gasteiger charge is -2.03. The molecule has 3 nitrogen and oxygen atoms in total. The Kier molecular flexibility index (Phi) is 1.55. The second-order valence-corrected chi connectivity index (χ2v) is 2.58. The number of fused-ring (bicyclic) bond motifs is 1. The van der Waals surface area contributed by atoms with Crippen molar-refractivity contribution in [1.82, 2.24) is 0 Å². The zero-order chi connectivity index (χ0) is 8.39. The summed E-state index contributed by atoms with van der Waals surface area (Å²) in [5.41, 5.74) is 8.42. The van der Waals surface area contributed by atoms with Crippen molar-refractivity contribution >= 4 is 17.6 Å². The normalized spacial score (nSPS) is 13.3. The maximum absolute atomic E-state index is 5.62. The van der Waals surface area contributed by atoms with Gasteiger partial charge in [-0.15, -0.1) is 0 Å². The Morgan fingerprint density at radius 1 is 1.33 bits per heavy atom. The molecule has 2 rings (SSSR count). The number of nitrogens with zero attached hydrogens (tertiary/aromatic N) is 1. The van der Waals surface area contributed by atoms with Gasteiger partial charge in [0.25, 0.3) is 0 Å². The smallest absolute Gasteiger partial charge is 0.0490 e. The van der Waals surface area contributed by atoms with Crippen molar-refractivity contribution in [3.63, 3.8) is 0 Å². The largest absolute Gasteiger partial charge is 0.399 e. The number of anilines is 2. The predicted octanol–water partition coefficient (Wildman–Crippen LogP) is 1.58. The zero-order valence-corrected chi connectivity index (χ0v) is 6.49. The third-order valence-corrected chi connectivity index (χ3v) is 1.69. The number of nitrogens with two attached hydrogens (primary N) is 1. The van der Waals surface area contributed by atoms with Gasteiger partial charge in [0.2, 0.25) is 0 Å². The number of nitrogen functional groups attached to an aromatic ring is 1. The minimum Gasteiger partial charge on any atom is -0.399 e. The molecule has 1 aromatic rings. The van der Waals surface area contributed by atoms with Gasteiger partial charge >= 0.3 is 0 Å². The van der Waals surface area contributed by atoms with E-state index in [-0.39, 0.29) is 0 Å². The van der Waals surface area contributed by atoms with Gasteiger partial charge in [-0.3, -0.25) is 4.99 Å². The number of hydrogen-bond donors (Lipinski definition) is 2. The minimum atomic E-state index is 0.755. The number of aliphatic imine (C=N–C) groups is 1. The van der Waals surface area contributed by atoms with Crippen molar-refractivity contribution in [2.24, 2.45) is 4.99 Å². The van der Waals surface area contributed by atoms with Crippen molar-refractivity contribution < 1.29 is 0 Å². The Bertz CT molecular complexity index is 353. The van der Waals surface area contributed by atoms with Gasteiger partial charge < -0.3 is 11.1 Å². The maximum Gasteiger partial charge on any atom is 0.0490 e. The van der Waals surface area contributed by atoms with E-state index in [0.29, 0.717) is 0 Å². The van der Waals surface area contributed by atoms with Gasteiger partial charge in [-0.05, 0) is 18.2 Å². The Labute approximate surface area is 70.6 Å². The van der Waals surface area contributed by atoms with Crippen LogP contribution >= 0.6 is 0 Å². The first kappa shape index (κ1) is 6.91. The van der Waals surface area contributed by atoms with E-state index in [9.17, 15) is 0 Å². The maximum atomic E-state index is 5.62. The lowest BCUT2D eigenvalue weighted by Crippen LogP contribution is -1.94. The monoisotopic (exact) mass is 159 g/mol. The molecule has 0 unspecified atom stereocenters. The quantitative estimate of drug-likeness (QED) is 0.565. The van der Waals surface area contributed by atoms with Crippen molar-refractivity contribution in [1.29, 1.82) is 0 Å². The molecular formula is C9H9N3. The van der Waals surface area contributed by atoms with Crippen LogP contribution in [0.3, 0.4) is 0 Å². The molecule has 0 aliphatic carbocycles. The summed E-state index contributed by atoms with van der Waals surface area (Å²) < 4.78 is 0. The highest BCUT2D eigenvalue weighted by Crippen LogP contribution is 2.18. The minimum absolute atomic E-state index is 0.755. The van der Waals surface area contributed by atoms with E-state index in [1.807, 2.05) is 18.2 Å². The molecule has 0 aromatic heterocycles. The lowest BCUT2D eigenvalue weighted by atomic mass is 10.2. The standard InChI is InChI=1S/C9H9N3/c10-8-2-1-7-6-11-3-4-12-9(7)5-8/h1-6,12H,10H2. The number of benzene rings is 1. The topological polar surface area (TPSA) is 50.4 Å². The molecule has 1 heterocycles. The van der Waals surface area contributed by atoms with Crippen LogP contribution in [0.1, 0.15) is 5.56 Å². The molecule has 0 amide bonds. The molecule has 0 spiro atoms. The molecule has 1 aliphatic rings. The zero-order valence-electron chi connectivity index (χ0n) is 6.49. The molecule has 0 atom stereocenters. The van der Waals surface area contributed by atoms with E-state index in [0.717, 1.165) is 16.9 Å². The predicted molar refractivity (Wildman–Crippen MR) is 51.2 cm³/mol. The van der Waals surface area contributed by atoms with E-state index in [4.69, 9.17) is 5.73 Å². The molecule has 0 fully saturated rings. The molecule has 3 heteroatoms. The SMILES string of the molecule is Nc1ccc2c(c1)NC=CN=C2. The summed E-state index contributed by atoms with van der Waals surface area (Å²) in [6.45, 7) is 0. The second-order valence-electron chi connectivity index (χ2n) is 2.58. The Morgan fingerprint density at radius 3 is 3.17 bits per heavy atom. The molecule has 60 valence electrons. The van der Waals surface area contributed by atoms with Crippen molar-refractivity contribution in [3.8, 4) is 0 Å². The molecular weight excluding hydrogens is 150 g/mol. The lowest BCUT2D eigenvalue weighted by molar-refractivity contribution is 1.55. The number of hydrogen-bond acceptors (Lipinski definition) is 3. The molecule has 12 heavy (non-hydrogen) atoms. The van der Waals surface area contributed by atoms with Gasteiger partial charge in [-0.1, -0.05) is 0 Å². The Balaban J connectivity index is 2.53. The fourth-order valence-corrected chi connectivity index (χ4v) is 1.10. The van der Waals surface area contributed by atoms with Gasteiger partial charge in [0.05, 0.1) is 0 Å². The molecule has 0 saturated heterocycles. The highest BCUT2D eigenvalue weighted by Gasteiger charge is 1.99. The van der Waals surface area contributed by atoms with Crippen LogP contribution in [0.25, 0.3) is 0 Å². The molecule has 1 aliphatic heterocycles. The van der Waals surface area contributed by atoms with Crippen molar-refractivity contribution in [2.45, 2.75) is 0 Å². The average molecular weight is 159 g/mol. The van der Waals surface area contributed by atoms with E-state index in [1.54, 1.807) is 18.6 Å². The fourth-order valence-electron chi connectivity index (χ4n) is 1.10. The Hall–Kier alpha value is -1.77. The first-order valence-corrected chi connectivity index (χ1v) is 3.70. The molecule has 1 aromatic carbocycles. The van der Waals surface area contributed by atoms with Crippen LogP contribution in [0.2, 0.25) is 0 Å². The van der Waals surface area contributed by atoms with Crippen molar-refractivity contribution in [3.05, 3.63) is 36.2 Å². The van der Waals surface area contributed by atoms with Crippen LogP contribution in [-0.2, 0) is 0 Å². The molecule has 0 saturated carbocycles. The van der Waals surface area contributed by atoms with Gasteiger partial charge in [0.15, 0.2) is 0 Å². The first-order chi connectivity index (χ1) is 5.86. The second kappa shape index (κ2) is 2.70. The summed E-state index contributed by atoms with van der Waals surface area (Å²) in [5.74, 6) is 0. The van der Waals surface area contributed by atoms with E-state index in [2.05, 4.69) is 10.3 Å². The summed E-state index contributed by atoms with van der Waals surface area (Å²) in [4.78, 5) is 4.03. The van der Waals surface area contributed by atoms with Gasteiger partial charge in [-0.2, -0.15) is 0 Å². The average Bonchev–Trinajstić information content (AvgIpc) is 2.28. The molecule has 0 bridgehead atoms. The highest BCUT2D eigenvalue weighted by molar-refractivity contribution is 5.90. The summed E-state index contributed by atoms with van der Waals surface area (Å²) in [6, 6.07) is 5.68. The van der Waals surface area contributed by atoms with E-state index < -0.39 is 0 Å². The van der Waals surface area contributed by atoms with Crippen LogP contribution in [-0.4, -0.2) is 6.21 Å². The van der Waals surface area contributed by atoms with Gasteiger partial charge in [0.1, 0.15) is 0 Å². The third-order valence-electron chi connectivity index (χ3n) is 1.69. The number of rotatable bonds is 0. The summed E-state index contributed by atoms with van der Waals surface area (Å²) in [5, 5.41) is 3.08. The highest BCUT2D eigenvalue weighted by atomic mass is 14.9. The van der Waals surface area contributed by atoms with Crippen LogP contribution in [0.4, 0.5) is 11.4 Å². The van der Waals surface area contributed by atoms with Gasteiger partial charge in [-0.25, -0.2) is 0 Å². The summed E-state index contributed by atoms with van der Waals surface area (Å²) in [7, 11) is 0. The molecule has 0 radical (unpaired) electrons. The molecule has 3 N–H and O–H groups in total. The Morgan fingerprint density at radius 2 is 2.25 bits per heavy atom. The van der Waals surface area contributed by atoms with Crippen LogP contribution in [0, 0.1) is 0 Å². The van der Waals surface area contributed by atoms with Gasteiger partial charge in [0, 0.05) is 35.6 Å². The number of nitrogens with one attached hydrogen (secondary N) is 1. The van der Waals surface area contributed by atoms with Crippen LogP contribution < -0.4 is 11.1 Å². The fraction of sp³-hybridized carbons (Fsp3) is 0. The van der Waals surface area contributed by atoms with Crippen LogP contribution in [0.15, 0.2) is 35.6 Å². The first-order valence-electron chi connectivity index (χ1n) is 3.70. The van der Waals surface area contributed by atoms with E-state index in [1.165, 1.54) is 0 Å². The van der Waals surface area contributed by atoms with Crippen molar-refractivity contribution in [2.75, 3.05) is 11.1 Å². The van der Waals surface area contributed by atoms with Crippen LogP contribution in [0.5, 0.6) is 0 Å². The third kappa shape index (κ3) is 1.16. The van der Waals surface area contributed by atoms with E-state index >= 15 is 0 Å². The summed E-state index contributed by atoms with van der Waals surface area (Å²) in [6.07, 6.45) is 5.28.